The summed E-state index contributed by atoms with van der Waals surface area (Å²) in [6.07, 6.45) is 2.94. The fraction of sp³-hybridized carbons (Fsp3) is 0.260. The Hall–Kier alpha value is -6.18. The van der Waals surface area contributed by atoms with E-state index in [1.54, 1.807) is 35.2 Å². The molecule has 13 heteroatoms. The fourth-order valence-electron chi connectivity index (χ4n) is 8.10. The summed E-state index contributed by atoms with van der Waals surface area (Å²) in [5.41, 5.74) is 7.02. The molecule has 0 atom stereocenters. The molecule has 0 saturated carbocycles. The van der Waals surface area contributed by atoms with Gasteiger partial charge in [0.05, 0.1) is 48.1 Å². The minimum atomic E-state index is -0.566. The van der Waals surface area contributed by atoms with Gasteiger partial charge >= 0.3 is 0 Å². The van der Waals surface area contributed by atoms with Crippen LogP contribution in [0.15, 0.2) is 120 Å². The quantitative estimate of drug-likeness (QED) is 0.0694. The smallest absolute Gasteiger partial charge is 0.272 e. The normalized spacial score (nSPS) is 13.7. The van der Waals surface area contributed by atoms with E-state index >= 15 is 0 Å². The first-order valence-corrected chi connectivity index (χ1v) is 21.5. The molecule has 63 heavy (non-hydrogen) atoms. The molecule has 3 heterocycles. The lowest BCUT2D eigenvalue weighted by atomic mass is 9.87. The Labute approximate surface area is 369 Å². The number of nitrogens with one attached hydrogen (secondary N) is 2. The highest BCUT2D eigenvalue weighted by atomic mass is 35.5. The second kappa shape index (κ2) is 20.3. The largest absolute Gasteiger partial charge is 0.491 e. The van der Waals surface area contributed by atoms with Crippen molar-refractivity contribution in [1.29, 1.82) is 0 Å². The van der Waals surface area contributed by atoms with Crippen molar-refractivity contribution in [3.05, 3.63) is 176 Å². The van der Waals surface area contributed by atoms with E-state index in [9.17, 15) is 18.4 Å². The van der Waals surface area contributed by atoms with Crippen molar-refractivity contribution in [2.45, 2.75) is 19.8 Å². The molecule has 1 saturated heterocycles. The molecule has 324 valence electrons. The molecule has 1 aliphatic rings. The molecule has 2 aromatic heterocycles. The zero-order chi connectivity index (χ0) is 43.7. The summed E-state index contributed by atoms with van der Waals surface area (Å²) in [6.45, 7) is 7.21. The molecule has 1 amide bonds. The standard InChI is InChI=1S/C50H48ClF2N5O5/c1-2-39(40-14-11-37(52)32-44(40)51)48(36-10-16-46-35(31-36)17-18-54-46)34-8-12-38(13-9-34)63-28-27-62-26-25-61-24-23-57-19-21-58(22-20-57)50(60)43-29-33(7-15-45(43)53)30-47-41-5-3-4-6-42(41)49(59)56-55-47/h3-18,29,31-32,54H,2,19-28,30H2,1H3,(H,56,59)/b48-39+. The average molecular weight is 872 g/mol. The first-order chi connectivity index (χ1) is 30.7. The van der Waals surface area contributed by atoms with Crippen LogP contribution in [0, 0.1) is 11.6 Å². The molecule has 0 spiro atoms. The highest BCUT2D eigenvalue weighted by Crippen LogP contribution is 2.38. The molecule has 10 nitrogen and oxygen atoms in total. The molecule has 0 unspecified atom stereocenters. The molecule has 0 aliphatic carbocycles. The maximum atomic E-state index is 15.0. The number of hydrogen-bond donors (Lipinski definition) is 2. The Morgan fingerprint density at radius 3 is 2.30 bits per heavy atom. The number of aromatic amines is 2. The van der Waals surface area contributed by atoms with Crippen molar-refractivity contribution < 1.29 is 27.8 Å². The SMILES string of the molecule is CC/C(=C(/c1ccc(OCCOCCOCCN2CCN(C(=O)c3cc(Cc4n[nH]c(=O)c5ccccc45)ccc3F)CC2)cc1)c1ccc2[nH]ccc2c1)c1ccc(F)cc1Cl. The molecule has 1 aliphatic heterocycles. The van der Waals surface area contributed by atoms with Crippen molar-refractivity contribution in [3.8, 4) is 5.75 Å². The predicted octanol–water partition coefficient (Wildman–Crippen LogP) is 9.17. The summed E-state index contributed by atoms with van der Waals surface area (Å²) in [6, 6.07) is 32.6. The van der Waals surface area contributed by atoms with Crippen molar-refractivity contribution >= 4 is 50.3 Å². The lowest BCUT2D eigenvalue weighted by Crippen LogP contribution is -2.49. The van der Waals surface area contributed by atoms with Crippen LogP contribution in [0.4, 0.5) is 8.78 Å². The number of H-pyrrole nitrogens is 2. The van der Waals surface area contributed by atoms with E-state index in [1.165, 1.54) is 18.2 Å². The van der Waals surface area contributed by atoms with Crippen LogP contribution in [0.2, 0.25) is 5.02 Å². The third-order valence-electron chi connectivity index (χ3n) is 11.4. The second-order valence-corrected chi connectivity index (χ2v) is 15.8. The van der Waals surface area contributed by atoms with Gasteiger partial charge in [-0.1, -0.05) is 67.1 Å². The van der Waals surface area contributed by atoms with Crippen LogP contribution in [-0.2, 0) is 15.9 Å². The highest BCUT2D eigenvalue weighted by Gasteiger charge is 2.25. The number of piperazine rings is 1. The van der Waals surface area contributed by atoms with E-state index in [0.717, 1.165) is 49.7 Å². The number of rotatable bonds is 17. The van der Waals surface area contributed by atoms with Gasteiger partial charge in [-0.15, -0.1) is 0 Å². The van der Waals surface area contributed by atoms with Crippen molar-refractivity contribution in [2.24, 2.45) is 0 Å². The van der Waals surface area contributed by atoms with Crippen molar-refractivity contribution in [1.82, 2.24) is 25.0 Å². The number of hydrogen-bond acceptors (Lipinski definition) is 7. The Bertz CT molecular complexity index is 2800. The predicted molar refractivity (Wildman–Crippen MR) is 243 cm³/mol. The molecular formula is C50H48ClF2N5O5. The van der Waals surface area contributed by atoms with Gasteiger partial charge in [0.1, 0.15) is 24.0 Å². The zero-order valence-electron chi connectivity index (χ0n) is 35.0. The number of aromatic nitrogens is 3. The lowest BCUT2D eigenvalue weighted by molar-refractivity contribution is 0.0237. The topological polar surface area (TPSA) is 113 Å². The number of carbonyl (C=O) groups excluding carboxylic acids is 1. The molecule has 2 N–H and O–H groups in total. The average Bonchev–Trinajstić information content (AvgIpc) is 3.78. The van der Waals surface area contributed by atoms with E-state index in [1.807, 2.05) is 48.7 Å². The summed E-state index contributed by atoms with van der Waals surface area (Å²) in [4.78, 5) is 32.8. The van der Waals surface area contributed by atoms with Crippen LogP contribution >= 0.6 is 11.6 Å². The number of carbonyl (C=O) groups is 1. The lowest BCUT2D eigenvalue weighted by Gasteiger charge is -2.34. The molecule has 5 aromatic carbocycles. The molecule has 8 rings (SSSR count). The minimum Gasteiger partial charge on any atom is -0.491 e. The fourth-order valence-corrected chi connectivity index (χ4v) is 8.38. The third kappa shape index (κ3) is 10.4. The van der Waals surface area contributed by atoms with Gasteiger partial charge in [-0.2, -0.15) is 5.10 Å². The van der Waals surface area contributed by atoms with E-state index in [0.29, 0.717) is 100 Å². The maximum absolute atomic E-state index is 15.0. The monoisotopic (exact) mass is 871 g/mol. The molecule has 1 fully saturated rings. The van der Waals surface area contributed by atoms with Crippen molar-refractivity contribution in [2.75, 3.05) is 65.8 Å². The van der Waals surface area contributed by atoms with Gasteiger partial charge in [-0.3, -0.25) is 14.5 Å². The number of nitrogens with zero attached hydrogens (tertiary/aromatic N) is 3. The van der Waals surface area contributed by atoms with Gasteiger partial charge in [-0.25, -0.2) is 13.9 Å². The van der Waals surface area contributed by atoms with Crippen LogP contribution in [0.25, 0.3) is 32.8 Å². The van der Waals surface area contributed by atoms with Gasteiger partial charge in [-0.05, 0) is 106 Å². The number of benzene rings is 5. The number of ether oxygens (including phenoxy) is 3. The maximum Gasteiger partial charge on any atom is 0.272 e. The number of halogens is 3. The van der Waals surface area contributed by atoms with E-state index in [4.69, 9.17) is 25.8 Å². The van der Waals surface area contributed by atoms with Crippen LogP contribution in [0.5, 0.6) is 5.75 Å². The third-order valence-corrected chi connectivity index (χ3v) is 11.7. The van der Waals surface area contributed by atoms with Crippen LogP contribution in [0.1, 0.15) is 51.7 Å². The van der Waals surface area contributed by atoms with Gasteiger partial charge in [0.2, 0.25) is 0 Å². The van der Waals surface area contributed by atoms with Gasteiger partial charge in [0.25, 0.3) is 11.5 Å². The Morgan fingerprint density at radius 1 is 0.778 bits per heavy atom. The highest BCUT2D eigenvalue weighted by molar-refractivity contribution is 6.32. The Kier molecular flexibility index (Phi) is 14.0. The number of amides is 1. The minimum absolute atomic E-state index is 0.0291. The van der Waals surface area contributed by atoms with Gasteiger partial charge < -0.3 is 24.1 Å². The van der Waals surface area contributed by atoms with E-state index in [2.05, 4.69) is 45.2 Å². The summed E-state index contributed by atoms with van der Waals surface area (Å²) in [5, 5.41) is 9.48. The van der Waals surface area contributed by atoms with Gasteiger partial charge in [0, 0.05) is 56.2 Å². The summed E-state index contributed by atoms with van der Waals surface area (Å²) in [5.74, 6) is -0.569. The zero-order valence-corrected chi connectivity index (χ0v) is 35.7. The molecule has 7 aromatic rings. The Balaban J connectivity index is 0.757. The first-order valence-electron chi connectivity index (χ1n) is 21.2. The molecule has 0 bridgehead atoms. The molecule has 0 radical (unpaired) electrons. The van der Waals surface area contributed by atoms with Gasteiger partial charge in [0.15, 0.2) is 0 Å². The van der Waals surface area contributed by atoms with E-state index in [-0.39, 0.29) is 22.8 Å². The Morgan fingerprint density at radius 2 is 1.52 bits per heavy atom. The summed E-state index contributed by atoms with van der Waals surface area (Å²) < 4.78 is 46.6. The van der Waals surface area contributed by atoms with Crippen LogP contribution in [0.3, 0.4) is 0 Å². The van der Waals surface area contributed by atoms with Crippen LogP contribution in [-0.4, -0.2) is 96.6 Å². The molecular weight excluding hydrogens is 824 g/mol. The van der Waals surface area contributed by atoms with Crippen LogP contribution < -0.4 is 10.3 Å². The summed E-state index contributed by atoms with van der Waals surface area (Å²) >= 11 is 6.59. The number of fused-ring (bicyclic) bond motifs is 2. The second-order valence-electron chi connectivity index (χ2n) is 15.4. The first kappa shape index (κ1) is 43.5. The number of allylic oxidation sites excluding steroid dienone is 1. The van der Waals surface area contributed by atoms with E-state index < -0.39 is 5.82 Å². The van der Waals surface area contributed by atoms with Crippen molar-refractivity contribution in [3.63, 3.8) is 0 Å². The summed E-state index contributed by atoms with van der Waals surface area (Å²) in [7, 11) is 0.